The molecule has 0 saturated carbocycles. The Morgan fingerprint density at radius 3 is 1.38 bits per heavy atom. The zero-order valence-electron chi connectivity index (χ0n) is 20.2. The molecule has 192 valence electrons. The van der Waals surface area contributed by atoms with Gasteiger partial charge in [-0.3, -0.25) is 5.32 Å². The van der Waals surface area contributed by atoms with Crippen molar-refractivity contribution < 1.29 is 26.8 Å². The van der Waals surface area contributed by atoms with Crippen molar-refractivity contribution in [1.29, 1.82) is 0 Å². The smallest absolute Gasteiger partial charge is 0.445 e. The molecule has 0 unspecified atom stereocenters. The first-order valence-electron chi connectivity index (χ1n) is 11.6. The van der Waals surface area contributed by atoms with E-state index in [9.17, 15) is 22.1 Å². The average molecular weight is 527 g/mol. The molecule has 1 atom stereocenters. The third-order valence-corrected chi connectivity index (χ3v) is 10.2. The second-order valence-electron chi connectivity index (χ2n) is 8.11. The Balaban J connectivity index is 0.000000695. The van der Waals surface area contributed by atoms with Crippen molar-refractivity contribution in [2.75, 3.05) is 0 Å². The van der Waals surface area contributed by atoms with E-state index in [1.54, 1.807) is 0 Å². The van der Waals surface area contributed by atoms with E-state index in [-0.39, 0.29) is 12.4 Å². The standard InChI is InChI=1S/C28H26NO2P.BF4/c1-23(29-28(30)31-22-24-14-6-2-7-15-24)32(25-16-8-3-9-17-25,26-18-10-4-11-19-26)27-20-12-5-13-21-27;2-1(3,4)5/h2-21,23H,22H2,1H3;/q;-1/p+1/t23-;/m0./s1. The molecule has 0 aliphatic rings. The largest absolute Gasteiger partial charge is 0.673 e. The lowest BCUT2D eigenvalue weighted by Gasteiger charge is -2.32. The van der Waals surface area contributed by atoms with E-state index >= 15 is 0 Å². The zero-order chi connectivity index (χ0) is 26.7. The van der Waals surface area contributed by atoms with Crippen molar-refractivity contribution in [3.63, 3.8) is 0 Å². The molecule has 1 amide bonds. The quantitative estimate of drug-likeness (QED) is 0.168. The SMILES string of the molecule is C[C@@H](NC(=O)OCc1ccccc1)[P+](c1ccccc1)(c1ccccc1)c1ccccc1.F[B-](F)(F)F. The second-order valence-corrected chi connectivity index (χ2v) is 11.9. The van der Waals surface area contributed by atoms with Crippen LogP contribution in [0.4, 0.5) is 22.1 Å². The molecule has 4 rings (SSSR count). The van der Waals surface area contributed by atoms with Crippen LogP contribution in [0.2, 0.25) is 0 Å². The van der Waals surface area contributed by atoms with Crippen LogP contribution in [-0.4, -0.2) is 19.1 Å². The van der Waals surface area contributed by atoms with Crippen molar-refractivity contribution >= 4 is 36.5 Å². The van der Waals surface area contributed by atoms with Crippen LogP contribution in [0.25, 0.3) is 0 Å². The minimum atomic E-state index is -6.00. The van der Waals surface area contributed by atoms with Gasteiger partial charge in [-0.25, -0.2) is 4.79 Å². The predicted octanol–water partition coefficient (Wildman–Crippen LogP) is 6.55. The van der Waals surface area contributed by atoms with Gasteiger partial charge in [0.05, 0.1) is 0 Å². The van der Waals surface area contributed by atoms with E-state index in [1.807, 2.05) is 48.5 Å². The van der Waals surface area contributed by atoms with Gasteiger partial charge in [-0.15, -0.1) is 0 Å². The molecule has 4 aromatic rings. The van der Waals surface area contributed by atoms with Gasteiger partial charge in [-0.1, -0.05) is 84.9 Å². The maximum absolute atomic E-state index is 12.9. The van der Waals surface area contributed by atoms with Crippen LogP contribution < -0.4 is 21.2 Å². The van der Waals surface area contributed by atoms with Gasteiger partial charge in [0.2, 0.25) is 0 Å². The number of alkyl carbamates (subject to hydrolysis) is 1. The summed E-state index contributed by atoms with van der Waals surface area (Å²) in [5, 5.41) is 6.82. The monoisotopic (exact) mass is 527 g/mol. The highest BCUT2D eigenvalue weighted by Gasteiger charge is 2.51. The molecule has 0 heterocycles. The highest BCUT2D eigenvalue weighted by Crippen LogP contribution is 2.58. The van der Waals surface area contributed by atoms with Gasteiger partial charge in [0.1, 0.15) is 29.8 Å². The molecule has 0 aromatic heterocycles. The van der Waals surface area contributed by atoms with Gasteiger partial charge in [-0.05, 0) is 48.9 Å². The molecule has 0 aliphatic heterocycles. The van der Waals surface area contributed by atoms with Gasteiger partial charge < -0.3 is 22.0 Å². The summed E-state index contributed by atoms with van der Waals surface area (Å²) in [7, 11) is -8.21. The number of ether oxygens (including phenoxy) is 1. The Labute approximate surface area is 214 Å². The highest BCUT2D eigenvalue weighted by molar-refractivity contribution is 7.96. The first-order chi connectivity index (χ1) is 17.7. The summed E-state index contributed by atoms with van der Waals surface area (Å²) in [6.45, 7) is 2.33. The number of carbonyl (C=O) groups is 1. The molecule has 0 aliphatic carbocycles. The molecule has 0 saturated heterocycles. The number of nitrogens with one attached hydrogen (secondary N) is 1. The summed E-state index contributed by atoms with van der Waals surface area (Å²) < 4.78 is 44.6. The fourth-order valence-corrected chi connectivity index (χ4v) is 8.60. The Morgan fingerprint density at radius 1 is 0.703 bits per heavy atom. The molecule has 3 nitrogen and oxygen atoms in total. The first-order valence-corrected chi connectivity index (χ1v) is 13.5. The van der Waals surface area contributed by atoms with Crippen LogP contribution in [0.15, 0.2) is 121 Å². The van der Waals surface area contributed by atoms with Crippen molar-refractivity contribution in [3.05, 3.63) is 127 Å². The molecule has 0 radical (unpaired) electrons. The fourth-order valence-electron chi connectivity index (χ4n) is 4.14. The summed E-state index contributed by atoms with van der Waals surface area (Å²) in [5.74, 6) is -0.169. The molecule has 9 heteroatoms. The number of carbonyl (C=O) groups excluding carboxylic acids is 1. The molecular formula is C28H27BF4NO2P. The summed E-state index contributed by atoms with van der Waals surface area (Å²) >= 11 is 0. The summed E-state index contributed by atoms with van der Waals surface area (Å²) in [4.78, 5) is 12.9. The van der Waals surface area contributed by atoms with E-state index in [4.69, 9.17) is 4.74 Å². The number of hydrogen-bond acceptors (Lipinski definition) is 2. The topological polar surface area (TPSA) is 38.3 Å². The van der Waals surface area contributed by atoms with E-state index in [0.29, 0.717) is 0 Å². The third-order valence-electron chi connectivity index (χ3n) is 5.61. The number of halogens is 4. The van der Waals surface area contributed by atoms with E-state index < -0.39 is 20.6 Å². The van der Waals surface area contributed by atoms with Crippen molar-refractivity contribution in [2.45, 2.75) is 19.3 Å². The van der Waals surface area contributed by atoms with Crippen LogP contribution in [-0.2, 0) is 11.3 Å². The summed E-state index contributed by atoms with van der Waals surface area (Å²) in [6, 6.07) is 41.2. The molecule has 37 heavy (non-hydrogen) atoms. The maximum Gasteiger partial charge on any atom is 0.673 e. The van der Waals surface area contributed by atoms with Crippen molar-refractivity contribution in [2.24, 2.45) is 0 Å². The Kier molecular flexibility index (Phi) is 9.87. The summed E-state index contributed by atoms with van der Waals surface area (Å²) in [5.41, 5.74) is 0.963. The van der Waals surface area contributed by atoms with Gasteiger partial charge in [0, 0.05) is 0 Å². The van der Waals surface area contributed by atoms with E-state index in [2.05, 4.69) is 85.0 Å². The Hall–Kier alpha value is -3.64. The van der Waals surface area contributed by atoms with Gasteiger partial charge >= 0.3 is 13.3 Å². The first kappa shape index (κ1) is 27.9. The Morgan fingerprint density at radius 2 is 1.03 bits per heavy atom. The lowest BCUT2D eigenvalue weighted by molar-refractivity contribution is 0.139. The molecule has 0 spiro atoms. The van der Waals surface area contributed by atoms with E-state index in [1.165, 1.54) is 15.9 Å². The van der Waals surface area contributed by atoms with Gasteiger partial charge in [0.25, 0.3) is 0 Å². The molecule has 0 bridgehead atoms. The zero-order valence-corrected chi connectivity index (χ0v) is 21.1. The van der Waals surface area contributed by atoms with Crippen LogP contribution in [0, 0.1) is 0 Å². The number of hydrogen-bond donors (Lipinski definition) is 1. The Bertz CT molecular complexity index is 1130. The molecule has 1 N–H and O–H groups in total. The molecular weight excluding hydrogens is 500 g/mol. The fraction of sp³-hybridized carbons (Fsp3) is 0.107. The second kappa shape index (κ2) is 13.1. The van der Waals surface area contributed by atoms with Crippen LogP contribution in [0.3, 0.4) is 0 Å². The average Bonchev–Trinajstić information content (AvgIpc) is 2.89. The van der Waals surface area contributed by atoms with Crippen molar-refractivity contribution in [1.82, 2.24) is 5.32 Å². The van der Waals surface area contributed by atoms with Gasteiger partial charge in [-0.2, -0.15) is 0 Å². The minimum absolute atomic E-state index is 0.169. The van der Waals surface area contributed by atoms with E-state index in [0.717, 1.165) is 5.56 Å². The van der Waals surface area contributed by atoms with Crippen LogP contribution in [0.1, 0.15) is 12.5 Å². The predicted molar refractivity (Wildman–Crippen MR) is 145 cm³/mol. The number of amides is 1. The minimum Gasteiger partial charge on any atom is -0.445 e. The lowest BCUT2D eigenvalue weighted by atomic mass is 10.2. The maximum atomic E-state index is 12.9. The third kappa shape index (κ3) is 7.92. The highest BCUT2D eigenvalue weighted by atomic mass is 31.2. The lowest BCUT2D eigenvalue weighted by Crippen LogP contribution is -2.46. The molecule has 0 fully saturated rings. The number of benzene rings is 4. The number of rotatable bonds is 7. The van der Waals surface area contributed by atoms with Gasteiger partial charge in [0.15, 0.2) is 5.78 Å². The normalized spacial score (nSPS) is 12.0. The van der Waals surface area contributed by atoms with Crippen molar-refractivity contribution in [3.8, 4) is 0 Å². The molecule has 4 aromatic carbocycles. The van der Waals surface area contributed by atoms with Crippen LogP contribution in [0.5, 0.6) is 0 Å². The summed E-state index contributed by atoms with van der Waals surface area (Å²) in [6.07, 6.45) is -0.409. The van der Waals surface area contributed by atoms with Crippen LogP contribution >= 0.6 is 7.26 Å².